The molecule has 1 fully saturated rings. The van der Waals surface area contributed by atoms with Crippen LogP contribution in [0.3, 0.4) is 0 Å². The van der Waals surface area contributed by atoms with Crippen LogP contribution in [0, 0.1) is 10.1 Å². The lowest BCUT2D eigenvalue weighted by atomic mass is 10.0. The molecular formula is C22H27N3O3. The molecule has 28 heavy (non-hydrogen) atoms. The van der Waals surface area contributed by atoms with Gasteiger partial charge in [-0.2, -0.15) is 0 Å². The number of carbonyl (C=O) groups excluding carboxylic acids is 1. The molecule has 1 aliphatic carbocycles. The van der Waals surface area contributed by atoms with Gasteiger partial charge in [-0.3, -0.25) is 19.8 Å². The Labute approximate surface area is 165 Å². The number of nitrogens with one attached hydrogen (secondary N) is 1. The predicted molar refractivity (Wildman–Crippen MR) is 110 cm³/mol. The summed E-state index contributed by atoms with van der Waals surface area (Å²) in [5, 5.41) is 13.9. The van der Waals surface area contributed by atoms with Gasteiger partial charge in [-0.05, 0) is 42.9 Å². The van der Waals surface area contributed by atoms with Crippen molar-refractivity contribution in [2.24, 2.45) is 0 Å². The van der Waals surface area contributed by atoms with Gasteiger partial charge < -0.3 is 5.32 Å². The summed E-state index contributed by atoms with van der Waals surface area (Å²) in [7, 11) is 0. The second kappa shape index (κ2) is 8.52. The van der Waals surface area contributed by atoms with Crippen molar-refractivity contribution in [1.82, 2.24) is 4.90 Å². The third kappa shape index (κ3) is 4.75. The van der Waals surface area contributed by atoms with Gasteiger partial charge in [0.2, 0.25) is 5.91 Å². The first-order valence-electron chi connectivity index (χ1n) is 9.75. The molecule has 0 bridgehead atoms. The van der Waals surface area contributed by atoms with Crippen LogP contribution in [-0.4, -0.2) is 27.8 Å². The van der Waals surface area contributed by atoms with E-state index in [9.17, 15) is 14.9 Å². The normalized spacial score (nSPS) is 14.9. The molecule has 3 rings (SSSR count). The Morgan fingerprint density at radius 1 is 1.14 bits per heavy atom. The summed E-state index contributed by atoms with van der Waals surface area (Å²) in [5.41, 5.74) is 2.61. The molecule has 0 aliphatic heterocycles. The zero-order valence-electron chi connectivity index (χ0n) is 16.6. The first kappa shape index (κ1) is 20.0. The highest BCUT2D eigenvalue weighted by Crippen LogP contribution is 2.31. The highest BCUT2D eigenvalue weighted by atomic mass is 16.6. The number of amides is 1. The Hall–Kier alpha value is -2.73. The number of nitro benzene ring substituents is 1. The van der Waals surface area contributed by atoms with Crippen LogP contribution in [-0.2, 0) is 11.3 Å². The molecule has 6 heteroatoms. The largest absolute Gasteiger partial charge is 0.319 e. The van der Waals surface area contributed by atoms with Gasteiger partial charge >= 0.3 is 0 Å². The quantitative estimate of drug-likeness (QED) is 0.531. The molecule has 1 atom stereocenters. The lowest BCUT2D eigenvalue weighted by Crippen LogP contribution is -2.43. The molecule has 2 aromatic carbocycles. The fraction of sp³-hybridized carbons (Fsp3) is 0.409. The van der Waals surface area contributed by atoms with Gasteiger partial charge in [0.25, 0.3) is 5.69 Å². The number of para-hydroxylation sites is 2. The highest BCUT2D eigenvalue weighted by Gasteiger charge is 2.35. The number of nitrogens with zero attached hydrogens (tertiary/aromatic N) is 2. The number of carbonyl (C=O) groups is 1. The highest BCUT2D eigenvalue weighted by molar-refractivity contribution is 5.96. The van der Waals surface area contributed by atoms with Crippen molar-refractivity contribution in [2.45, 2.75) is 58.2 Å². The van der Waals surface area contributed by atoms with Crippen molar-refractivity contribution in [1.29, 1.82) is 0 Å². The van der Waals surface area contributed by atoms with Crippen LogP contribution in [0.5, 0.6) is 0 Å². The lowest BCUT2D eigenvalue weighted by Gasteiger charge is -2.28. The average Bonchev–Trinajstić information content (AvgIpc) is 3.51. The van der Waals surface area contributed by atoms with E-state index in [-0.39, 0.29) is 23.3 Å². The first-order valence-corrected chi connectivity index (χ1v) is 9.75. The minimum absolute atomic E-state index is 0.0923. The van der Waals surface area contributed by atoms with Crippen LogP contribution < -0.4 is 5.32 Å². The third-order valence-corrected chi connectivity index (χ3v) is 5.26. The fourth-order valence-corrected chi connectivity index (χ4v) is 3.33. The van der Waals surface area contributed by atoms with Crippen LogP contribution in [0.15, 0.2) is 48.5 Å². The van der Waals surface area contributed by atoms with E-state index in [1.165, 1.54) is 17.2 Å². The van der Waals surface area contributed by atoms with E-state index in [1.54, 1.807) is 18.2 Å². The monoisotopic (exact) mass is 381 g/mol. The van der Waals surface area contributed by atoms with Crippen molar-refractivity contribution in [3.05, 3.63) is 69.8 Å². The van der Waals surface area contributed by atoms with E-state index in [0.29, 0.717) is 18.5 Å². The van der Waals surface area contributed by atoms with Crippen molar-refractivity contribution in [2.75, 3.05) is 5.32 Å². The minimum Gasteiger partial charge on any atom is -0.319 e. The van der Waals surface area contributed by atoms with Gasteiger partial charge in [0.1, 0.15) is 5.69 Å². The molecule has 0 spiro atoms. The molecule has 2 aromatic rings. The summed E-state index contributed by atoms with van der Waals surface area (Å²) in [6.45, 7) is 6.89. The van der Waals surface area contributed by atoms with Gasteiger partial charge in [0, 0.05) is 18.7 Å². The molecule has 0 heterocycles. The number of rotatable bonds is 8. The van der Waals surface area contributed by atoms with Crippen molar-refractivity contribution < 1.29 is 9.72 Å². The Bertz CT molecular complexity index is 844. The van der Waals surface area contributed by atoms with E-state index in [2.05, 4.69) is 48.3 Å². The Morgan fingerprint density at radius 3 is 2.36 bits per heavy atom. The van der Waals surface area contributed by atoms with Crippen LogP contribution in [0.25, 0.3) is 0 Å². The van der Waals surface area contributed by atoms with Crippen molar-refractivity contribution in [3.63, 3.8) is 0 Å². The molecule has 6 nitrogen and oxygen atoms in total. The standard InChI is InChI=1S/C22H27N3O3/c1-15(2)18-10-8-17(9-11-18)14-24(19-12-13-19)16(3)22(26)23-20-6-4-5-7-21(20)25(27)28/h4-11,15-16,19H,12-14H2,1-3H3,(H,23,26)/t16-/m1/s1. The lowest BCUT2D eigenvalue weighted by molar-refractivity contribution is -0.383. The summed E-state index contributed by atoms with van der Waals surface area (Å²) in [6, 6.07) is 14.8. The Kier molecular flexibility index (Phi) is 6.09. The zero-order valence-corrected chi connectivity index (χ0v) is 16.6. The first-order chi connectivity index (χ1) is 13.4. The Morgan fingerprint density at radius 2 is 1.79 bits per heavy atom. The predicted octanol–water partition coefficient (Wildman–Crippen LogP) is 4.71. The average molecular weight is 381 g/mol. The molecule has 1 N–H and O–H groups in total. The molecule has 1 aliphatic rings. The molecular weight excluding hydrogens is 354 g/mol. The van der Waals surface area contributed by atoms with Crippen LogP contribution in [0.4, 0.5) is 11.4 Å². The topological polar surface area (TPSA) is 75.5 Å². The van der Waals surface area contributed by atoms with Gasteiger partial charge in [0.15, 0.2) is 0 Å². The number of anilines is 1. The number of hydrogen-bond donors (Lipinski definition) is 1. The smallest absolute Gasteiger partial charge is 0.292 e. The summed E-state index contributed by atoms with van der Waals surface area (Å²) in [6.07, 6.45) is 2.15. The van der Waals surface area contributed by atoms with E-state index in [0.717, 1.165) is 12.8 Å². The number of benzene rings is 2. The molecule has 0 radical (unpaired) electrons. The van der Waals surface area contributed by atoms with E-state index >= 15 is 0 Å². The second-order valence-corrected chi connectivity index (χ2v) is 7.74. The molecule has 0 aromatic heterocycles. The van der Waals surface area contributed by atoms with Crippen LogP contribution in [0.2, 0.25) is 0 Å². The number of hydrogen-bond acceptors (Lipinski definition) is 4. The van der Waals surface area contributed by atoms with Gasteiger partial charge in [-0.1, -0.05) is 50.2 Å². The second-order valence-electron chi connectivity index (χ2n) is 7.74. The van der Waals surface area contributed by atoms with Crippen LogP contribution in [0.1, 0.15) is 50.7 Å². The van der Waals surface area contributed by atoms with E-state index in [4.69, 9.17) is 0 Å². The van der Waals surface area contributed by atoms with Gasteiger partial charge in [0.05, 0.1) is 11.0 Å². The van der Waals surface area contributed by atoms with Crippen molar-refractivity contribution in [3.8, 4) is 0 Å². The third-order valence-electron chi connectivity index (χ3n) is 5.26. The summed E-state index contributed by atoms with van der Waals surface area (Å²) < 4.78 is 0. The fourth-order valence-electron chi connectivity index (χ4n) is 3.33. The molecule has 0 unspecified atom stereocenters. The van der Waals surface area contributed by atoms with E-state index < -0.39 is 4.92 Å². The van der Waals surface area contributed by atoms with E-state index in [1.807, 2.05) is 6.92 Å². The molecule has 148 valence electrons. The SMILES string of the molecule is CC(C)c1ccc(CN(C2CC2)[C@H](C)C(=O)Nc2ccccc2[N+](=O)[O-])cc1. The minimum atomic E-state index is -0.477. The summed E-state index contributed by atoms with van der Waals surface area (Å²) in [4.78, 5) is 25.7. The maximum Gasteiger partial charge on any atom is 0.292 e. The number of nitro groups is 1. The van der Waals surface area contributed by atoms with Crippen molar-refractivity contribution >= 4 is 17.3 Å². The maximum atomic E-state index is 12.8. The Balaban J connectivity index is 1.72. The van der Waals surface area contributed by atoms with Gasteiger partial charge in [-0.25, -0.2) is 0 Å². The summed E-state index contributed by atoms with van der Waals surface area (Å²) in [5.74, 6) is 0.264. The molecule has 0 saturated heterocycles. The summed E-state index contributed by atoms with van der Waals surface area (Å²) >= 11 is 0. The van der Waals surface area contributed by atoms with Crippen LogP contribution >= 0.6 is 0 Å². The molecule has 1 saturated carbocycles. The maximum absolute atomic E-state index is 12.8. The zero-order chi connectivity index (χ0) is 20.3. The molecule has 1 amide bonds. The van der Waals surface area contributed by atoms with Gasteiger partial charge in [-0.15, -0.1) is 0 Å².